The van der Waals surface area contributed by atoms with Gasteiger partial charge in [-0.05, 0) is 12.1 Å². The van der Waals surface area contributed by atoms with Gasteiger partial charge in [-0.15, -0.1) is 0 Å². The number of esters is 1. The van der Waals surface area contributed by atoms with Gasteiger partial charge >= 0.3 is 5.97 Å². The molecule has 0 amide bonds. The number of hydrogen-bond donors (Lipinski definition) is 0. The number of aromatic nitrogens is 2. The molecule has 6 heteroatoms. The Bertz CT molecular complexity index is 868. The molecule has 1 aromatic heterocycles. The Morgan fingerprint density at radius 2 is 1.68 bits per heavy atom. The highest BCUT2D eigenvalue weighted by molar-refractivity contribution is 6.30. The average Bonchev–Trinajstić information content (AvgIpc) is 2.67. The van der Waals surface area contributed by atoms with Crippen molar-refractivity contribution in [1.29, 1.82) is 0 Å². The standard InChI is InChI=1S/C19H13ClN2O3/c20-15-8-6-14(7-9-15)18(17(23)13-4-2-1-3-5-13)25-19(24)16-12-21-10-11-22-16/h1-12,18H. The molecule has 5 nitrogen and oxygen atoms in total. The quantitative estimate of drug-likeness (QED) is 0.514. The summed E-state index contributed by atoms with van der Waals surface area (Å²) in [4.78, 5) is 32.9. The summed E-state index contributed by atoms with van der Waals surface area (Å²) in [5, 5.41) is 0.523. The number of carbonyl (C=O) groups is 2. The van der Waals surface area contributed by atoms with Gasteiger partial charge in [0.15, 0.2) is 11.8 Å². The molecular weight excluding hydrogens is 340 g/mol. The van der Waals surface area contributed by atoms with Crippen molar-refractivity contribution in [3.05, 3.63) is 95.0 Å². The van der Waals surface area contributed by atoms with Crippen molar-refractivity contribution in [2.45, 2.75) is 6.10 Å². The number of benzene rings is 2. The minimum Gasteiger partial charge on any atom is -0.444 e. The Hall–Kier alpha value is -3.05. The van der Waals surface area contributed by atoms with Gasteiger partial charge in [0.1, 0.15) is 0 Å². The van der Waals surface area contributed by atoms with E-state index in [1.54, 1.807) is 54.6 Å². The molecule has 25 heavy (non-hydrogen) atoms. The topological polar surface area (TPSA) is 69.2 Å². The molecule has 0 radical (unpaired) electrons. The Morgan fingerprint density at radius 1 is 0.960 bits per heavy atom. The molecule has 0 saturated carbocycles. The van der Waals surface area contributed by atoms with Crippen molar-refractivity contribution < 1.29 is 14.3 Å². The first kappa shape index (κ1) is 16.8. The molecular formula is C19H13ClN2O3. The zero-order valence-electron chi connectivity index (χ0n) is 13.0. The molecule has 3 aromatic rings. The van der Waals surface area contributed by atoms with Crippen LogP contribution in [0.5, 0.6) is 0 Å². The Kier molecular flexibility index (Phi) is 5.16. The van der Waals surface area contributed by atoms with E-state index in [-0.39, 0.29) is 11.5 Å². The molecule has 3 rings (SSSR count). The third-order valence-corrected chi connectivity index (χ3v) is 3.72. The molecule has 1 unspecified atom stereocenters. The third-order valence-electron chi connectivity index (χ3n) is 3.47. The predicted octanol–water partition coefficient (Wildman–Crippen LogP) is 3.91. The maximum atomic E-state index is 12.9. The van der Waals surface area contributed by atoms with Crippen LogP contribution >= 0.6 is 11.6 Å². The lowest BCUT2D eigenvalue weighted by molar-refractivity contribution is 0.0274. The number of hydrogen-bond acceptors (Lipinski definition) is 5. The fourth-order valence-corrected chi connectivity index (χ4v) is 2.36. The molecule has 124 valence electrons. The van der Waals surface area contributed by atoms with Crippen LogP contribution in [0.25, 0.3) is 0 Å². The summed E-state index contributed by atoms with van der Waals surface area (Å²) in [5.41, 5.74) is 0.993. The summed E-state index contributed by atoms with van der Waals surface area (Å²) in [6, 6.07) is 15.2. The van der Waals surface area contributed by atoms with E-state index in [0.29, 0.717) is 16.1 Å². The molecule has 1 heterocycles. The molecule has 2 aromatic carbocycles. The summed E-state index contributed by atoms with van der Waals surface area (Å²) >= 11 is 5.90. The minimum absolute atomic E-state index is 0.0299. The number of carbonyl (C=O) groups excluding carboxylic acids is 2. The normalized spacial score (nSPS) is 11.6. The fourth-order valence-electron chi connectivity index (χ4n) is 2.24. The van der Waals surface area contributed by atoms with Gasteiger partial charge in [0.2, 0.25) is 5.78 Å². The molecule has 0 bridgehead atoms. The zero-order valence-corrected chi connectivity index (χ0v) is 13.8. The first-order chi connectivity index (χ1) is 12.1. The Morgan fingerprint density at radius 3 is 2.32 bits per heavy atom. The van der Waals surface area contributed by atoms with Crippen LogP contribution in [0.4, 0.5) is 0 Å². The van der Waals surface area contributed by atoms with Gasteiger partial charge in [0, 0.05) is 28.5 Å². The number of nitrogens with zero attached hydrogens (tertiary/aromatic N) is 2. The van der Waals surface area contributed by atoms with Crippen molar-refractivity contribution in [3.63, 3.8) is 0 Å². The van der Waals surface area contributed by atoms with E-state index < -0.39 is 12.1 Å². The van der Waals surface area contributed by atoms with Crippen LogP contribution in [-0.2, 0) is 4.74 Å². The van der Waals surface area contributed by atoms with Gasteiger partial charge in [0.05, 0.1) is 6.20 Å². The van der Waals surface area contributed by atoms with Crippen molar-refractivity contribution in [1.82, 2.24) is 9.97 Å². The van der Waals surface area contributed by atoms with Crippen LogP contribution in [-0.4, -0.2) is 21.7 Å². The number of halogens is 1. The minimum atomic E-state index is -1.10. The van der Waals surface area contributed by atoms with E-state index in [0.717, 1.165) is 0 Å². The lowest BCUT2D eigenvalue weighted by atomic mass is 10.00. The van der Waals surface area contributed by atoms with E-state index in [9.17, 15) is 9.59 Å². The predicted molar refractivity (Wildman–Crippen MR) is 92.4 cm³/mol. The first-order valence-corrected chi connectivity index (χ1v) is 7.84. The van der Waals surface area contributed by atoms with Crippen LogP contribution < -0.4 is 0 Å². The van der Waals surface area contributed by atoms with Gasteiger partial charge < -0.3 is 4.74 Å². The highest BCUT2D eigenvalue weighted by Gasteiger charge is 2.27. The van der Waals surface area contributed by atoms with Gasteiger partial charge in [0.25, 0.3) is 0 Å². The molecule has 0 N–H and O–H groups in total. The lowest BCUT2D eigenvalue weighted by Crippen LogP contribution is -2.21. The number of rotatable bonds is 5. The van der Waals surface area contributed by atoms with Crippen LogP contribution in [0, 0.1) is 0 Å². The highest BCUT2D eigenvalue weighted by Crippen LogP contribution is 2.25. The number of Topliss-reactive ketones (excluding diaryl/α,β-unsaturated/α-hetero) is 1. The van der Waals surface area contributed by atoms with E-state index in [1.165, 1.54) is 18.6 Å². The fraction of sp³-hybridized carbons (Fsp3) is 0.0526. The third kappa shape index (κ3) is 4.08. The van der Waals surface area contributed by atoms with E-state index in [2.05, 4.69) is 9.97 Å². The van der Waals surface area contributed by atoms with Crippen molar-refractivity contribution in [2.24, 2.45) is 0 Å². The van der Waals surface area contributed by atoms with Crippen molar-refractivity contribution >= 4 is 23.4 Å². The number of ether oxygens (including phenoxy) is 1. The van der Waals surface area contributed by atoms with Gasteiger partial charge in [-0.2, -0.15) is 0 Å². The van der Waals surface area contributed by atoms with Crippen LogP contribution in [0.2, 0.25) is 5.02 Å². The van der Waals surface area contributed by atoms with Crippen molar-refractivity contribution in [2.75, 3.05) is 0 Å². The molecule has 0 spiro atoms. The number of ketones is 1. The van der Waals surface area contributed by atoms with Crippen LogP contribution in [0.1, 0.15) is 32.5 Å². The molecule has 0 aliphatic heterocycles. The highest BCUT2D eigenvalue weighted by atomic mass is 35.5. The summed E-state index contributed by atoms with van der Waals surface area (Å²) in [6.45, 7) is 0. The zero-order chi connectivity index (χ0) is 17.6. The second-order valence-electron chi connectivity index (χ2n) is 5.16. The average molecular weight is 353 g/mol. The maximum absolute atomic E-state index is 12.9. The summed E-state index contributed by atoms with van der Waals surface area (Å²) in [6.07, 6.45) is 3.01. The second kappa shape index (κ2) is 7.68. The molecule has 1 atom stereocenters. The molecule has 0 saturated heterocycles. The first-order valence-electron chi connectivity index (χ1n) is 7.47. The summed E-state index contributed by atoms with van der Waals surface area (Å²) in [7, 11) is 0. The monoisotopic (exact) mass is 352 g/mol. The van der Waals surface area contributed by atoms with E-state index >= 15 is 0 Å². The largest absolute Gasteiger partial charge is 0.444 e. The summed E-state index contributed by atoms with van der Waals surface area (Å²) in [5.74, 6) is -1.06. The van der Waals surface area contributed by atoms with Crippen molar-refractivity contribution in [3.8, 4) is 0 Å². The Labute approximate surface area is 149 Å². The second-order valence-corrected chi connectivity index (χ2v) is 5.59. The lowest BCUT2D eigenvalue weighted by Gasteiger charge is -2.17. The van der Waals surface area contributed by atoms with Crippen LogP contribution in [0.15, 0.2) is 73.2 Å². The molecule has 0 fully saturated rings. The van der Waals surface area contributed by atoms with E-state index in [1.807, 2.05) is 0 Å². The maximum Gasteiger partial charge on any atom is 0.359 e. The molecule has 0 aliphatic carbocycles. The van der Waals surface area contributed by atoms with Gasteiger partial charge in [-0.3, -0.25) is 9.78 Å². The Balaban J connectivity index is 1.93. The van der Waals surface area contributed by atoms with Gasteiger partial charge in [-0.1, -0.05) is 54.1 Å². The molecule has 0 aliphatic rings. The van der Waals surface area contributed by atoms with Gasteiger partial charge in [-0.25, -0.2) is 9.78 Å². The summed E-state index contributed by atoms with van der Waals surface area (Å²) < 4.78 is 5.44. The van der Waals surface area contributed by atoms with E-state index in [4.69, 9.17) is 16.3 Å². The SMILES string of the molecule is O=C(OC(C(=O)c1ccccc1)c1ccc(Cl)cc1)c1cnccn1. The van der Waals surface area contributed by atoms with Crippen LogP contribution in [0.3, 0.4) is 0 Å². The smallest absolute Gasteiger partial charge is 0.359 e.